The van der Waals surface area contributed by atoms with Gasteiger partial charge in [0.05, 0.1) is 25.4 Å². The number of hydrogen-bond acceptors (Lipinski definition) is 10. The fourth-order valence-electron chi connectivity index (χ4n) is 6.91. The Balaban J connectivity index is 2.52. The molecule has 320 valence electrons. The SMILES string of the molecule is CCCC/C=C\CCCCCCC(=O)NC(COC1OC(CO)C(O)C(OS(=O)(=O)O)C1O)C(O)CCCCCCCCCCCCCCCCCCC. The summed E-state index contributed by atoms with van der Waals surface area (Å²) >= 11 is 0. The predicted octanol–water partition coefficient (Wildman–Crippen LogP) is 7.60. The Labute approximate surface area is 328 Å². The third-order valence-corrected chi connectivity index (χ3v) is 10.8. The summed E-state index contributed by atoms with van der Waals surface area (Å²) in [5, 5.41) is 44.7. The number of unbranched alkanes of at least 4 members (excludes halogenated alkanes) is 22. The number of ether oxygens (including phenoxy) is 2. The first-order valence-electron chi connectivity index (χ1n) is 21.6. The highest BCUT2D eigenvalue weighted by Gasteiger charge is 2.48. The van der Waals surface area contributed by atoms with Gasteiger partial charge in [-0.1, -0.05) is 161 Å². The lowest BCUT2D eigenvalue weighted by Crippen LogP contribution is -2.61. The summed E-state index contributed by atoms with van der Waals surface area (Å²) in [6.07, 6.45) is 25.1. The summed E-state index contributed by atoms with van der Waals surface area (Å²) in [7, 11) is -5.07. The van der Waals surface area contributed by atoms with Crippen LogP contribution in [0, 0.1) is 0 Å². The first-order valence-corrected chi connectivity index (χ1v) is 22.9. The standard InChI is InChI=1S/C41H79NO11S/c1-3-5-7-9-11-13-15-16-17-18-19-20-21-22-24-26-28-30-35(44)34(42-37(45)31-29-27-25-23-14-12-10-8-6-4-2)33-51-41-39(47)40(53-54(48,49)50)38(46)36(32-43)52-41/h10,12,34-36,38-41,43-44,46-47H,3-9,11,13-33H2,1-2H3,(H,42,45)(H,48,49,50)/b12-10-. The van der Waals surface area contributed by atoms with Crippen molar-refractivity contribution in [3.8, 4) is 0 Å². The maximum Gasteiger partial charge on any atom is 0.397 e. The molecule has 1 fully saturated rings. The average molecular weight is 794 g/mol. The molecule has 7 atom stereocenters. The van der Waals surface area contributed by atoms with Gasteiger partial charge in [-0.3, -0.25) is 9.35 Å². The van der Waals surface area contributed by atoms with Gasteiger partial charge in [0.1, 0.15) is 24.4 Å². The van der Waals surface area contributed by atoms with E-state index in [0.717, 1.165) is 57.8 Å². The molecule has 7 unspecified atom stereocenters. The van der Waals surface area contributed by atoms with E-state index in [9.17, 15) is 33.6 Å². The summed E-state index contributed by atoms with van der Waals surface area (Å²) in [6, 6.07) is -0.858. The summed E-state index contributed by atoms with van der Waals surface area (Å²) in [4.78, 5) is 12.9. The molecular formula is C41H79NO11S. The van der Waals surface area contributed by atoms with Crippen molar-refractivity contribution in [3.05, 3.63) is 12.2 Å². The van der Waals surface area contributed by atoms with E-state index in [2.05, 4.69) is 35.5 Å². The van der Waals surface area contributed by atoms with E-state index in [0.29, 0.717) is 12.8 Å². The van der Waals surface area contributed by atoms with Gasteiger partial charge in [-0.2, -0.15) is 8.42 Å². The fourth-order valence-corrected chi connectivity index (χ4v) is 7.42. The van der Waals surface area contributed by atoms with Crippen LogP contribution in [-0.2, 0) is 28.9 Å². The molecule has 1 rings (SSSR count). The summed E-state index contributed by atoms with van der Waals surface area (Å²) in [5.74, 6) is -0.245. The van der Waals surface area contributed by atoms with Crippen LogP contribution in [0.25, 0.3) is 0 Å². The Kier molecular flexibility index (Phi) is 31.0. The van der Waals surface area contributed by atoms with Crippen LogP contribution in [0.15, 0.2) is 12.2 Å². The van der Waals surface area contributed by atoms with Crippen molar-refractivity contribution < 1.29 is 51.8 Å². The molecule has 0 radical (unpaired) electrons. The van der Waals surface area contributed by atoms with Crippen LogP contribution in [0.3, 0.4) is 0 Å². The second kappa shape index (κ2) is 32.9. The Morgan fingerprint density at radius 2 is 1.20 bits per heavy atom. The van der Waals surface area contributed by atoms with Gasteiger partial charge in [0.15, 0.2) is 6.29 Å². The van der Waals surface area contributed by atoms with Crippen molar-refractivity contribution in [1.82, 2.24) is 5.32 Å². The third-order valence-electron chi connectivity index (χ3n) is 10.3. The molecule has 0 aromatic rings. The molecule has 0 bridgehead atoms. The van der Waals surface area contributed by atoms with Gasteiger partial charge in [0.25, 0.3) is 0 Å². The van der Waals surface area contributed by atoms with E-state index in [1.165, 1.54) is 96.3 Å². The highest BCUT2D eigenvalue weighted by Crippen LogP contribution is 2.26. The second-order valence-corrected chi connectivity index (χ2v) is 16.3. The molecular weight excluding hydrogens is 715 g/mol. The van der Waals surface area contributed by atoms with Crippen LogP contribution < -0.4 is 5.32 Å². The van der Waals surface area contributed by atoms with E-state index in [-0.39, 0.29) is 18.9 Å². The Hall–Kier alpha value is -1.16. The molecule has 13 heteroatoms. The quantitative estimate of drug-likeness (QED) is 0.0208. The Morgan fingerprint density at radius 3 is 1.72 bits per heavy atom. The first-order chi connectivity index (χ1) is 26.0. The monoisotopic (exact) mass is 794 g/mol. The zero-order chi connectivity index (χ0) is 39.9. The van der Waals surface area contributed by atoms with E-state index in [1.54, 1.807) is 0 Å². The van der Waals surface area contributed by atoms with Crippen LogP contribution in [0.1, 0.15) is 187 Å². The zero-order valence-corrected chi connectivity index (χ0v) is 34.6. The highest BCUT2D eigenvalue weighted by molar-refractivity contribution is 7.80. The molecule has 1 heterocycles. The van der Waals surface area contributed by atoms with Crippen LogP contribution in [0.5, 0.6) is 0 Å². The topological polar surface area (TPSA) is 192 Å². The first kappa shape index (κ1) is 50.9. The van der Waals surface area contributed by atoms with Crippen LogP contribution in [-0.4, -0.2) is 95.4 Å². The molecule has 1 aliphatic rings. The van der Waals surface area contributed by atoms with Gasteiger partial charge < -0.3 is 35.2 Å². The van der Waals surface area contributed by atoms with Crippen molar-refractivity contribution in [2.24, 2.45) is 0 Å². The van der Waals surface area contributed by atoms with Crippen molar-refractivity contribution in [2.45, 2.75) is 230 Å². The highest BCUT2D eigenvalue weighted by atomic mass is 32.3. The Morgan fingerprint density at radius 1 is 0.722 bits per heavy atom. The molecule has 0 aromatic carbocycles. The maximum atomic E-state index is 12.9. The summed E-state index contributed by atoms with van der Waals surface area (Å²) in [6.45, 7) is 3.38. The summed E-state index contributed by atoms with van der Waals surface area (Å²) < 4.78 is 47.5. The third kappa shape index (κ3) is 25.9. The predicted molar refractivity (Wildman–Crippen MR) is 213 cm³/mol. The number of amides is 1. The molecule has 0 aliphatic carbocycles. The molecule has 0 saturated carbocycles. The molecule has 0 aromatic heterocycles. The lowest BCUT2D eigenvalue weighted by atomic mass is 9.99. The second-order valence-electron chi connectivity index (χ2n) is 15.3. The minimum absolute atomic E-state index is 0.245. The summed E-state index contributed by atoms with van der Waals surface area (Å²) in [5.41, 5.74) is 0. The number of rotatable bonds is 36. The van der Waals surface area contributed by atoms with Gasteiger partial charge in [0, 0.05) is 6.42 Å². The molecule has 0 spiro atoms. The van der Waals surface area contributed by atoms with E-state index in [1.807, 2.05) is 0 Å². The van der Waals surface area contributed by atoms with E-state index >= 15 is 0 Å². The van der Waals surface area contributed by atoms with Gasteiger partial charge in [-0.25, -0.2) is 4.18 Å². The van der Waals surface area contributed by atoms with Crippen molar-refractivity contribution in [2.75, 3.05) is 13.2 Å². The van der Waals surface area contributed by atoms with E-state index < -0.39 is 59.9 Å². The molecule has 6 N–H and O–H groups in total. The Bertz CT molecular complexity index is 1030. The van der Waals surface area contributed by atoms with Crippen molar-refractivity contribution in [3.63, 3.8) is 0 Å². The number of aliphatic hydroxyl groups excluding tert-OH is 4. The van der Waals surface area contributed by atoms with Crippen LogP contribution in [0.2, 0.25) is 0 Å². The number of hydrogen-bond donors (Lipinski definition) is 6. The molecule has 1 aliphatic heterocycles. The number of nitrogens with one attached hydrogen (secondary N) is 1. The largest absolute Gasteiger partial charge is 0.397 e. The van der Waals surface area contributed by atoms with Crippen molar-refractivity contribution >= 4 is 16.3 Å². The number of allylic oxidation sites excluding steroid dienone is 2. The lowest BCUT2D eigenvalue weighted by Gasteiger charge is -2.41. The lowest BCUT2D eigenvalue weighted by molar-refractivity contribution is -0.298. The van der Waals surface area contributed by atoms with Gasteiger partial charge >= 0.3 is 10.4 Å². The number of aliphatic hydroxyl groups is 4. The zero-order valence-electron chi connectivity index (χ0n) is 33.8. The number of carbonyl (C=O) groups is 1. The normalized spacial score (nSPS) is 21.8. The molecule has 1 saturated heterocycles. The average Bonchev–Trinajstić information content (AvgIpc) is 3.14. The van der Waals surface area contributed by atoms with Crippen molar-refractivity contribution in [1.29, 1.82) is 0 Å². The van der Waals surface area contributed by atoms with Gasteiger partial charge in [-0.05, 0) is 32.1 Å². The fraction of sp³-hybridized carbons (Fsp3) is 0.927. The van der Waals surface area contributed by atoms with Crippen LogP contribution >= 0.6 is 0 Å². The molecule has 1 amide bonds. The smallest absolute Gasteiger partial charge is 0.394 e. The molecule has 54 heavy (non-hydrogen) atoms. The molecule has 12 nitrogen and oxygen atoms in total. The minimum Gasteiger partial charge on any atom is -0.394 e. The van der Waals surface area contributed by atoms with Gasteiger partial charge in [-0.15, -0.1) is 0 Å². The minimum atomic E-state index is -5.07. The van der Waals surface area contributed by atoms with Gasteiger partial charge in [0.2, 0.25) is 5.91 Å². The van der Waals surface area contributed by atoms with E-state index in [4.69, 9.17) is 14.0 Å². The maximum absolute atomic E-state index is 12.9. The van der Waals surface area contributed by atoms with Crippen LogP contribution in [0.4, 0.5) is 0 Å². The number of carbonyl (C=O) groups excluding carboxylic acids is 1.